The Kier molecular flexibility index (Phi) is 8.66. The lowest BCUT2D eigenvalue weighted by Crippen LogP contribution is -2.10. The lowest BCUT2D eigenvalue weighted by atomic mass is 9.88. The van der Waals surface area contributed by atoms with Gasteiger partial charge in [0.2, 0.25) is 0 Å². The number of carbonyl (C=O) groups excluding carboxylic acids is 1. The van der Waals surface area contributed by atoms with Gasteiger partial charge in [0.25, 0.3) is 0 Å². The van der Waals surface area contributed by atoms with Gasteiger partial charge < -0.3 is 0 Å². The van der Waals surface area contributed by atoms with Crippen LogP contribution >= 0.6 is 0 Å². The monoisotopic (exact) mass is 384 g/mol. The molecule has 0 radical (unpaired) electrons. The van der Waals surface area contributed by atoms with Crippen molar-refractivity contribution < 1.29 is 9.18 Å². The van der Waals surface area contributed by atoms with Gasteiger partial charge in [-0.2, -0.15) is 0 Å². The summed E-state index contributed by atoms with van der Waals surface area (Å²) < 4.78 is 14.2. The van der Waals surface area contributed by atoms with Crippen LogP contribution in [0.4, 0.5) is 4.39 Å². The molecule has 0 aliphatic heterocycles. The first-order chi connectivity index (χ1) is 13.4. The van der Waals surface area contributed by atoms with E-state index in [0.29, 0.717) is 5.92 Å². The number of rotatable bonds is 13. The van der Waals surface area contributed by atoms with E-state index in [1.807, 2.05) is 18.2 Å². The van der Waals surface area contributed by atoms with Gasteiger partial charge in [-0.1, -0.05) is 57.4 Å². The minimum Gasteiger partial charge on any atom is -0.300 e. The summed E-state index contributed by atoms with van der Waals surface area (Å²) in [5.41, 5.74) is 2.28. The molecule has 1 nitrogen and oxygen atoms in total. The highest BCUT2D eigenvalue weighted by Crippen LogP contribution is 2.52. The van der Waals surface area contributed by atoms with Crippen LogP contribution in [0.5, 0.6) is 0 Å². The first-order valence-corrected chi connectivity index (χ1v) is 11.0. The van der Waals surface area contributed by atoms with Crippen LogP contribution in [0.15, 0.2) is 36.9 Å². The van der Waals surface area contributed by atoms with Gasteiger partial charge in [0.05, 0.1) is 0 Å². The molecule has 0 N–H and O–H groups in total. The second-order valence-electron chi connectivity index (χ2n) is 8.98. The van der Waals surface area contributed by atoms with Gasteiger partial charge in [-0.3, -0.25) is 4.79 Å². The van der Waals surface area contributed by atoms with E-state index in [-0.39, 0.29) is 22.9 Å². The fourth-order valence-electron chi connectivity index (χ4n) is 4.02. The summed E-state index contributed by atoms with van der Waals surface area (Å²) in [7, 11) is 0. The number of allylic oxidation sites excluding steroid dienone is 2. The molecule has 1 fully saturated rings. The molecule has 1 aliphatic rings. The number of Topliss-reactive ketones (excluding diaryl/α,β-unsaturated/α-hetero) is 1. The third-order valence-electron chi connectivity index (χ3n) is 6.10. The fraction of sp³-hybridized carbons (Fsp3) is 0.577. The maximum Gasteiger partial charge on any atom is 0.133 e. The highest BCUT2D eigenvalue weighted by atomic mass is 19.1. The molecule has 0 bridgehead atoms. The Balaban J connectivity index is 1.87. The number of benzene rings is 1. The Morgan fingerprint density at radius 3 is 2.57 bits per heavy atom. The average molecular weight is 385 g/mol. The van der Waals surface area contributed by atoms with E-state index in [1.165, 1.54) is 31.2 Å². The predicted molar refractivity (Wildman–Crippen MR) is 118 cm³/mol. The van der Waals surface area contributed by atoms with Gasteiger partial charge >= 0.3 is 0 Å². The van der Waals surface area contributed by atoms with Crippen LogP contribution in [0, 0.1) is 17.7 Å². The van der Waals surface area contributed by atoms with Gasteiger partial charge in [-0.25, -0.2) is 4.39 Å². The average Bonchev–Trinajstić information content (AvgIpc) is 3.42. The normalized spacial score (nSPS) is 16.5. The zero-order valence-corrected chi connectivity index (χ0v) is 18.0. The Hall–Kier alpha value is -1.70. The third-order valence-corrected chi connectivity index (χ3v) is 6.10. The smallest absolute Gasteiger partial charge is 0.133 e. The van der Waals surface area contributed by atoms with Crippen LogP contribution in [-0.4, -0.2) is 5.78 Å². The van der Waals surface area contributed by atoms with Crippen LogP contribution < -0.4 is 0 Å². The molecule has 1 atom stereocenters. The van der Waals surface area contributed by atoms with Crippen molar-refractivity contribution in [3.05, 3.63) is 53.9 Å². The Bertz CT molecular complexity index is 682. The number of hydrogen-bond acceptors (Lipinski definition) is 1. The number of hydrogen-bond donors (Lipinski definition) is 0. The van der Waals surface area contributed by atoms with Crippen LogP contribution in [0.1, 0.15) is 89.7 Å². The summed E-state index contributed by atoms with van der Waals surface area (Å²) in [5.74, 6) is 0.885. The second-order valence-corrected chi connectivity index (χ2v) is 8.98. The van der Waals surface area contributed by atoms with E-state index >= 15 is 0 Å². The molecule has 0 saturated heterocycles. The van der Waals surface area contributed by atoms with E-state index in [1.54, 1.807) is 13.0 Å². The summed E-state index contributed by atoms with van der Waals surface area (Å²) in [6.07, 6.45) is 15.6. The molecule has 2 heteroatoms. The molecule has 2 rings (SSSR count). The van der Waals surface area contributed by atoms with E-state index in [0.717, 1.165) is 37.7 Å². The van der Waals surface area contributed by atoms with E-state index in [2.05, 4.69) is 32.6 Å². The fourth-order valence-corrected chi connectivity index (χ4v) is 4.02. The first kappa shape index (κ1) is 22.6. The standard InChI is InChI=1S/C26H37FO/c1-5-10-22(21(4)28)12-7-6-8-16-26(17-18-26)24-14-15-25(27)23(19-24)13-9-11-20(2)3/h5,9,13-15,19-20,22H,1,6-8,10-12,16-18H2,2-4H3/b13-9-. The van der Waals surface area contributed by atoms with Crippen molar-refractivity contribution in [2.45, 2.75) is 84.0 Å². The van der Waals surface area contributed by atoms with Gasteiger partial charge in [0, 0.05) is 11.5 Å². The van der Waals surface area contributed by atoms with E-state index in [4.69, 9.17) is 0 Å². The first-order valence-electron chi connectivity index (χ1n) is 11.0. The molecule has 154 valence electrons. The van der Waals surface area contributed by atoms with Gasteiger partial charge in [0.1, 0.15) is 11.6 Å². The van der Waals surface area contributed by atoms with Crippen molar-refractivity contribution in [1.82, 2.24) is 0 Å². The Morgan fingerprint density at radius 1 is 1.21 bits per heavy atom. The van der Waals surface area contributed by atoms with Gasteiger partial charge in [-0.15, -0.1) is 6.58 Å². The van der Waals surface area contributed by atoms with Crippen molar-refractivity contribution in [2.24, 2.45) is 11.8 Å². The van der Waals surface area contributed by atoms with Crippen LogP contribution in [-0.2, 0) is 10.2 Å². The highest BCUT2D eigenvalue weighted by molar-refractivity contribution is 5.78. The number of carbonyl (C=O) groups is 1. The molecule has 0 spiro atoms. The molecule has 1 saturated carbocycles. The largest absolute Gasteiger partial charge is 0.300 e. The highest BCUT2D eigenvalue weighted by Gasteiger charge is 2.43. The van der Waals surface area contributed by atoms with Crippen LogP contribution in [0.3, 0.4) is 0 Å². The molecule has 0 heterocycles. The van der Waals surface area contributed by atoms with E-state index < -0.39 is 0 Å². The molecule has 1 aromatic carbocycles. The lowest BCUT2D eigenvalue weighted by Gasteiger charge is -2.17. The summed E-state index contributed by atoms with van der Waals surface area (Å²) in [6, 6.07) is 5.68. The minimum absolute atomic E-state index is 0.128. The number of unbranched alkanes of at least 4 members (excludes halogenated alkanes) is 2. The molecule has 1 aromatic rings. The molecule has 28 heavy (non-hydrogen) atoms. The van der Waals surface area contributed by atoms with E-state index in [9.17, 15) is 9.18 Å². The van der Waals surface area contributed by atoms with Gasteiger partial charge in [-0.05, 0) is 74.5 Å². The van der Waals surface area contributed by atoms with Crippen molar-refractivity contribution in [3.8, 4) is 0 Å². The van der Waals surface area contributed by atoms with Crippen LogP contribution in [0.2, 0.25) is 0 Å². The van der Waals surface area contributed by atoms with Gasteiger partial charge in [0.15, 0.2) is 0 Å². The van der Waals surface area contributed by atoms with Crippen LogP contribution in [0.25, 0.3) is 6.08 Å². The minimum atomic E-state index is -0.128. The zero-order valence-electron chi connectivity index (χ0n) is 18.0. The van der Waals surface area contributed by atoms with Crippen molar-refractivity contribution in [3.63, 3.8) is 0 Å². The summed E-state index contributed by atoms with van der Waals surface area (Å²) in [4.78, 5) is 11.6. The molecule has 0 aromatic heterocycles. The Morgan fingerprint density at radius 2 is 1.96 bits per heavy atom. The van der Waals surface area contributed by atoms with Crippen molar-refractivity contribution in [2.75, 3.05) is 0 Å². The SMILES string of the molecule is C=CCC(CCCCCC1(c2ccc(F)c(/C=C\CC(C)C)c2)CC1)C(C)=O. The second kappa shape index (κ2) is 10.7. The maximum atomic E-state index is 14.2. The summed E-state index contributed by atoms with van der Waals surface area (Å²) in [6.45, 7) is 9.79. The zero-order chi connectivity index (χ0) is 20.6. The quantitative estimate of drug-likeness (QED) is 0.252. The number of halogens is 1. The molecule has 0 amide bonds. The molecule has 1 aliphatic carbocycles. The Labute approximate surface area is 171 Å². The summed E-state index contributed by atoms with van der Waals surface area (Å²) in [5, 5.41) is 0. The predicted octanol–water partition coefficient (Wildman–Crippen LogP) is 7.65. The third kappa shape index (κ3) is 6.72. The van der Waals surface area contributed by atoms with Crippen molar-refractivity contribution in [1.29, 1.82) is 0 Å². The van der Waals surface area contributed by atoms with Crippen molar-refractivity contribution >= 4 is 11.9 Å². The topological polar surface area (TPSA) is 17.1 Å². The molecular weight excluding hydrogens is 347 g/mol. The maximum absolute atomic E-state index is 14.2. The lowest BCUT2D eigenvalue weighted by molar-refractivity contribution is -0.120. The number of ketones is 1. The summed E-state index contributed by atoms with van der Waals surface area (Å²) >= 11 is 0. The molecular formula is C26H37FO. The molecule has 1 unspecified atom stereocenters.